The number of thiophene rings is 1. The summed E-state index contributed by atoms with van der Waals surface area (Å²) in [6, 6.07) is 9.15. The van der Waals surface area contributed by atoms with Crippen molar-refractivity contribution in [3.63, 3.8) is 0 Å². The fraction of sp³-hybridized carbons (Fsp3) is 0.278. The van der Waals surface area contributed by atoms with Gasteiger partial charge in [-0.15, -0.1) is 11.3 Å². The van der Waals surface area contributed by atoms with Crippen molar-refractivity contribution in [3.8, 4) is 5.75 Å². The number of aryl methyl sites for hydroxylation is 1. The van der Waals surface area contributed by atoms with Gasteiger partial charge in [-0.2, -0.15) is 8.78 Å². The molecule has 9 heteroatoms. The minimum absolute atomic E-state index is 0.0224. The molecular weight excluding hydrogens is 380 g/mol. The normalized spacial score (nSPS) is 10.5. The lowest BCUT2D eigenvalue weighted by Crippen LogP contribution is -2.21. The third kappa shape index (κ3) is 6.78. The molecule has 6 nitrogen and oxygen atoms in total. The summed E-state index contributed by atoms with van der Waals surface area (Å²) < 4.78 is 33.8. The minimum atomic E-state index is -3.04. The van der Waals surface area contributed by atoms with E-state index in [2.05, 4.69) is 10.1 Å². The molecule has 1 aromatic carbocycles. The second-order valence-corrected chi connectivity index (χ2v) is 6.70. The van der Waals surface area contributed by atoms with Gasteiger partial charge < -0.3 is 14.8 Å². The number of carbonyl (C=O) groups excluding carboxylic acids is 3. The molecule has 0 spiro atoms. The van der Waals surface area contributed by atoms with Gasteiger partial charge in [0.05, 0.1) is 17.0 Å². The molecule has 1 amide bonds. The Morgan fingerprint density at radius 3 is 2.52 bits per heavy atom. The van der Waals surface area contributed by atoms with Crippen LogP contribution in [-0.4, -0.2) is 30.9 Å². The van der Waals surface area contributed by atoms with E-state index in [0.29, 0.717) is 4.88 Å². The maximum Gasteiger partial charge on any atom is 0.387 e. The Balaban J connectivity index is 1.77. The number of halogens is 2. The highest BCUT2D eigenvalue weighted by molar-refractivity contribution is 7.14. The van der Waals surface area contributed by atoms with Crippen LogP contribution in [0.3, 0.4) is 0 Å². The number of benzene rings is 1. The van der Waals surface area contributed by atoms with Gasteiger partial charge >= 0.3 is 12.6 Å². The summed E-state index contributed by atoms with van der Waals surface area (Å²) in [5, 5.41) is 2.32. The molecule has 0 radical (unpaired) electrons. The lowest BCUT2D eigenvalue weighted by Gasteiger charge is -2.11. The third-order valence-corrected chi connectivity index (χ3v) is 4.35. The number of ether oxygens (including phenoxy) is 2. The van der Waals surface area contributed by atoms with Gasteiger partial charge in [0.25, 0.3) is 5.91 Å². The number of ketones is 1. The molecule has 0 fully saturated rings. The van der Waals surface area contributed by atoms with E-state index in [1.54, 1.807) is 6.07 Å². The van der Waals surface area contributed by atoms with Crippen LogP contribution in [0.2, 0.25) is 0 Å². The zero-order valence-electron chi connectivity index (χ0n) is 14.4. The fourth-order valence-corrected chi connectivity index (χ4v) is 2.93. The van der Waals surface area contributed by atoms with Crippen LogP contribution in [0.15, 0.2) is 36.4 Å². The molecule has 0 unspecified atom stereocenters. The Hall–Kier alpha value is -2.81. The van der Waals surface area contributed by atoms with Crippen LogP contribution in [0.5, 0.6) is 5.75 Å². The van der Waals surface area contributed by atoms with Gasteiger partial charge in [-0.3, -0.25) is 14.4 Å². The molecule has 0 aliphatic rings. The average molecular weight is 397 g/mol. The highest BCUT2D eigenvalue weighted by Gasteiger charge is 2.15. The van der Waals surface area contributed by atoms with E-state index in [1.807, 2.05) is 13.0 Å². The predicted molar refractivity (Wildman–Crippen MR) is 95.3 cm³/mol. The summed E-state index contributed by atoms with van der Waals surface area (Å²) in [6.07, 6.45) is -0.181. The molecule has 1 aromatic heterocycles. The van der Waals surface area contributed by atoms with Crippen molar-refractivity contribution in [2.24, 2.45) is 0 Å². The van der Waals surface area contributed by atoms with E-state index in [4.69, 9.17) is 4.74 Å². The number of carbonyl (C=O) groups is 3. The summed E-state index contributed by atoms with van der Waals surface area (Å²) in [5.41, 5.74) is 0.0297. The van der Waals surface area contributed by atoms with E-state index >= 15 is 0 Å². The standard InChI is InChI=1S/C18H17F2NO5S/c1-11-6-8-15(27-11)13(22)7-9-17(24)25-10-16(23)21-12-4-2-3-5-14(12)26-18(19)20/h2-6,8,18H,7,9-10H2,1H3,(H,21,23). The Labute approximate surface area is 158 Å². The smallest absolute Gasteiger partial charge is 0.387 e. The first-order valence-electron chi connectivity index (χ1n) is 7.94. The van der Waals surface area contributed by atoms with Gasteiger partial charge in [-0.25, -0.2) is 0 Å². The molecule has 2 aromatic rings. The SMILES string of the molecule is Cc1ccc(C(=O)CCC(=O)OCC(=O)Nc2ccccc2OC(F)F)s1. The predicted octanol–water partition coefficient (Wildman–Crippen LogP) is 3.80. The first-order valence-corrected chi connectivity index (χ1v) is 8.75. The molecule has 0 atom stereocenters. The number of esters is 1. The summed E-state index contributed by atoms with van der Waals surface area (Å²) in [6.45, 7) is -1.77. The number of nitrogens with one attached hydrogen (secondary N) is 1. The average Bonchev–Trinajstić information content (AvgIpc) is 3.05. The Morgan fingerprint density at radius 2 is 1.85 bits per heavy atom. The first-order chi connectivity index (χ1) is 12.8. The highest BCUT2D eigenvalue weighted by atomic mass is 32.1. The summed E-state index contributed by atoms with van der Waals surface area (Å²) in [4.78, 5) is 37.0. The van der Waals surface area contributed by atoms with Crippen molar-refractivity contribution >= 4 is 34.7 Å². The second kappa shape index (κ2) is 9.77. The summed E-state index contributed by atoms with van der Waals surface area (Å²) in [7, 11) is 0. The Bertz CT molecular complexity index is 822. The quantitative estimate of drug-likeness (QED) is 0.514. The van der Waals surface area contributed by atoms with E-state index in [1.165, 1.54) is 35.6 Å². The lowest BCUT2D eigenvalue weighted by atomic mass is 10.2. The number of rotatable bonds is 9. The van der Waals surface area contributed by atoms with Gasteiger partial charge in [-0.1, -0.05) is 12.1 Å². The van der Waals surface area contributed by atoms with Crippen molar-refractivity contribution in [2.75, 3.05) is 11.9 Å². The van der Waals surface area contributed by atoms with Crippen LogP contribution in [0, 0.1) is 6.92 Å². The third-order valence-electron chi connectivity index (χ3n) is 3.31. The minimum Gasteiger partial charge on any atom is -0.456 e. The second-order valence-electron chi connectivity index (χ2n) is 5.42. The van der Waals surface area contributed by atoms with E-state index in [0.717, 1.165) is 4.88 Å². The molecular formula is C18H17F2NO5S. The fourth-order valence-electron chi connectivity index (χ4n) is 2.10. The molecule has 2 rings (SSSR count). The van der Waals surface area contributed by atoms with Crippen LogP contribution in [0.4, 0.5) is 14.5 Å². The number of amides is 1. The summed E-state index contributed by atoms with van der Waals surface area (Å²) >= 11 is 1.34. The van der Waals surface area contributed by atoms with Crippen molar-refractivity contribution in [3.05, 3.63) is 46.2 Å². The number of hydrogen-bond acceptors (Lipinski definition) is 6. The van der Waals surface area contributed by atoms with Crippen molar-refractivity contribution in [1.29, 1.82) is 0 Å². The van der Waals surface area contributed by atoms with Crippen molar-refractivity contribution in [2.45, 2.75) is 26.4 Å². The van der Waals surface area contributed by atoms with Gasteiger partial charge in [0.1, 0.15) is 5.75 Å². The van der Waals surface area contributed by atoms with Gasteiger partial charge in [-0.05, 0) is 31.2 Å². The topological polar surface area (TPSA) is 81.7 Å². The maximum atomic E-state index is 12.3. The Kier molecular flexibility index (Phi) is 7.42. The molecule has 144 valence electrons. The molecule has 0 bridgehead atoms. The molecule has 0 aliphatic heterocycles. The van der Waals surface area contributed by atoms with E-state index in [9.17, 15) is 23.2 Å². The number of alkyl halides is 2. The molecule has 0 aliphatic carbocycles. The van der Waals surface area contributed by atoms with Gasteiger partial charge in [0.15, 0.2) is 12.4 Å². The number of hydrogen-bond donors (Lipinski definition) is 1. The summed E-state index contributed by atoms with van der Waals surface area (Å²) in [5.74, 6) is -1.80. The zero-order chi connectivity index (χ0) is 19.8. The van der Waals surface area contributed by atoms with Crippen LogP contribution < -0.4 is 10.1 Å². The highest BCUT2D eigenvalue weighted by Crippen LogP contribution is 2.25. The first kappa shape index (κ1) is 20.5. The van der Waals surface area contributed by atoms with Crippen molar-refractivity contribution < 1.29 is 32.6 Å². The molecule has 0 saturated carbocycles. The maximum absolute atomic E-state index is 12.3. The largest absolute Gasteiger partial charge is 0.456 e. The lowest BCUT2D eigenvalue weighted by molar-refractivity contribution is -0.147. The monoisotopic (exact) mass is 397 g/mol. The zero-order valence-corrected chi connectivity index (χ0v) is 15.2. The van der Waals surface area contributed by atoms with E-state index < -0.39 is 25.1 Å². The number of para-hydroxylation sites is 2. The molecule has 1 heterocycles. The Morgan fingerprint density at radius 1 is 1.11 bits per heavy atom. The van der Waals surface area contributed by atoms with Crippen LogP contribution >= 0.6 is 11.3 Å². The molecule has 27 heavy (non-hydrogen) atoms. The van der Waals surface area contributed by atoms with Crippen LogP contribution in [0.25, 0.3) is 0 Å². The van der Waals surface area contributed by atoms with Gasteiger partial charge in [0.2, 0.25) is 0 Å². The molecule has 1 N–H and O–H groups in total. The van der Waals surface area contributed by atoms with E-state index in [-0.39, 0.29) is 30.1 Å². The van der Waals surface area contributed by atoms with Crippen LogP contribution in [0.1, 0.15) is 27.4 Å². The van der Waals surface area contributed by atoms with Crippen LogP contribution in [-0.2, 0) is 14.3 Å². The number of anilines is 1. The van der Waals surface area contributed by atoms with Crippen molar-refractivity contribution in [1.82, 2.24) is 0 Å². The number of Topliss-reactive ketones (excluding diaryl/α,β-unsaturated/α-hetero) is 1. The molecule has 0 saturated heterocycles. The van der Waals surface area contributed by atoms with Gasteiger partial charge in [0, 0.05) is 11.3 Å².